The largest absolute Gasteiger partial charge is 0.378 e. The molecular formula is C14H16N2O. The fraction of sp³-hybridized carbons (Fsp3) is 0.500. The van der Waals surface area contributed by atoms with Crippen LogP contribution in [-0.2, 0) is 11.2 Å². The summed E-state index contributed by atoms with van der Waals surface area (Å²) in [5.41, 5.74) is 2.36. The van der Waals surface area contributed by atoms with E-state index in [0.29, 0.717) is 13.2 Å². The Morgan fingerprint density at radius 2 is 2.18 bits per heavy atom. The van der Waals surface area contributed by atoms with E-state index in [-0.39, 0.29) is 11.5 Å². The van der Waals surface area contributed by atoms with E-state index in [1.807, 2.05) is 0 Å². The van der Waals surface area contributed by atoms with Gasteiger partial charge >= 0.3 is 0 Å². The number of likely N-dealkylation sites (N-methyl/N-ethyl adjacent to an activating group) is 1. The molecule has 0 aliphatic carbocycles. The van der Waals surface area contributed by atoms with E-state index in [1.165, 1.54) is 11.1 Å². The summed E-state index contributed by atoms with van der Waals surface area (Å²) in [7, 11) is 2.11. The Hall–Kier alpha value is -1.37. The van der Waals surface area contributed by atoms with Crippen LogP contribution in [-0.4, -0.2) is 31.7 Å². The zero-order chi connectivity index (χ0) is 11.9. The van der Waals surface area contributed by atoms with Crippen LogP contribution in [0, 0.1) is 16.7 Å². The lowest BCUT2D eigenvalue weighted by molar-refractivity contribution is -0.120. The third kappa shape index (κ3) is 1.49. The van der Waals surface area contributed by atoms with Gasteiger partial charge in [-0.25, -0.2) is 0 Å². The number of ether oxygens (including phenoxy) is 1. The summed E-state index contributed by atoms with van der Waals surface area (Å²) < 4.78 is 5.30. The van der Waals surface area contributed by atoms with Gasteiger partial charge in [-0.1, -0.05) is 24.3 Å². The Morgan fingerprint density at radius 1 is 1.41 bits per heavy atom. The van der Waals surface area contributed by atoms with Crippen molar-refractivity contribution in [1.29, 1.82) is 5.26 Å². The second kappa shape index (κ2) is 3.83. The minimum atomic E-state index is -0.342. The van der Waals surface area contributed by atoms with Gasteiger partial charge in [0.25, 0.3) is 0 Å². The maximum atomic E-state index is 9.48. The average molecular weight is 228 g/mol. The predicted octanol–water partition coefficient (Wildman–Crippen LogP) is 1.76. The first-order valence-electron chi connectivity index (χ1n) is 6.04. The molecule has 0 bridgehead atoms. The van der Waals surface area contributed by atoms with Crippen molar-refractivity contribution in [3.63, 3.8) is 0 Å². The quantitative estimate of drug-likeness (QED) is 0.734. The van der Waals surface area contributed by atoms with Crippen LogP contribution in [0.25, 0.3) is 0 Å². The molecule has 1 fully saturated rings. The van der Waals surface area contributed by atoms with Crippen LogP contribution in [0.15, 0.2) is 24.3 Å². The van der Waals surface area contributed by atoms with Crippen LogP contribution in [0.1, 0.15) is 17.2 Å². The van der Waals surface area contributed by atoms with Gasteiger partial charge in [0, 0.05) is 6.54 Å². The van der Waals surface area contributed by atoms with E-state index in [9.17, 15) is 5.26 Å². The van der Waals surface area contributed by atoms with Crippen LogP contribution in [0.5, 0.6) is 0 Å². The topological polar surface area (TPSA) is 36.3 Å². The summed E-state index contributed by atoms with van der Waals surface area (Å²) in [6.45, 7) is 2.14. The van der Waals surface area contributed by atoms with Gasteiger partial charge in [0.2, 0.25) is 0 Å². The molecule has 0 spiro atoms. The molecule has 1 atom stereocenters. The van der Waals surface area contributed by atoms with Gasteiger partial charge in [-0.2, -0.15) is 5.26 Å². The zero-order valence-electron chi connectivity index (χ0n) is 10.0. The molecule has 3 nitrogen and oxygen atoms in total. The van der Waals surface area contributed by atoms with E-state index in [0.717, 1.165) is 13.0 Å². The molecule has 2 aliphatic rings. The molecule has 1 aromatic rings. The van der Waals surface area contributed by atoms with Gasteiger partial charge in [0.15, 0.2) is 0 Å². The number of nitriles is 1. The van der Waals surface area contributed by atoms with E-state index in [1.54, 1.807) is 0 Å². The molecule has 1 unspecified atom stereocenters. The molecule has 2 heterocycles. The smallest absolute Gasteiger partial charge is 0.123 e. The lowest BCUT2D eigenvalue weighted by atomic mass is 9.73. The molecular weight excluding hydrogens is 212 g/mol. The summed E-state index contributed by atoms with van der Waals surface area (Å²) in [6, 6.07) is 11.2. The fourth-order valence-electron chi connectivity index (χ4n) is 3.02. The first-order valence-corrected chi connectivity index (χ1v) is 6.04. The molecule has 3 rings (SSSR count). The normalized spacial score (nSPS) is 26.7. The minimum Gasteiger partial charge on any atom is -0.378 e. The summed E-state index contributed by atoms with van der Waals surface area (Å²) in [4.78, 5) is 2.30. The second-order valence-electron chi connectivity index (χ2n) is 5.09. The highest BCUT2D eigenvalue weighted by atomic mass is 16.5. The van der Waals surface area contributed by atoms with Crippen molar-refractivity contribution in [3.05, 3.63) is 35.4 Å². The van der Waals surface area contributed by atoms with Crippen molar-refractivity contribution in [3.8, 4) is 6.07 Å². The highest BCUT2D eigenvalue weighted by Gasteiger charge is 2.50. The molecule has 1 saturated heterocycles. The van der Waals surface area contributed by atoms with Crippen molar-refractivity contribution in [2.24, 2.45) is 5.41 Å². The third-order valence-electron chi connectivity index (χ3n) is 3.99. The second-order valence-corrected chi connectivity index (χ2v) is 5.09. The minimum absolute atomic E-state index is 0.186. The number of hydrogen-bond acceptors (Lipinski definition) is 3. The maximum Gasteiger partial charge on any atom is 0.123 e. The van der Waals surface area contributed by atoms with Crippen LogP contribution in [0.3, 0.4) is 0 Å². The monoisotopic (exact) mass is 228 g/mol. The van der Waals surface area contributed by atoms with E-state index in [2.05, 4.69) is 42.3 Å². The number of benzene rings is 1. The maximum absolute atomic E-state index is 9.48. The molecule has 0 radical (unpaired) electrons. The van der Waals surface area contributed by atoms with E-state index < -0.39 is 0 Å². The summed E-state index contributed by atoms with van der Waals surface area (Å²) >= 11 is 0. The van der Waals surface area contributed by atoms with Crippen molar-refractivity contribution in [2.75, 3.05) is 26.8 Å². The van der Waals surface area contributed by atoms with Crippen LogP contribution in [0.4, 0.5) is 0 Å². The molecule has 17 heavy (non-hydrogen) atoms. The first-order chi connectivity index (χ1) is 8.27. The van der Waals surface area contributed by atoms with Crippen molar-refractivity contribution >= 4 is 0 Å². The molecule has 0 N–H and O–H groups in total. The Morgan fingerprint density at radius 3 is 2.82 bits per heavy atom. The molecule has 88 valence electrons. The molecule has 0 saturated carbocycles. The lowest BCUT2D eigenvalue weighted by Gasteiger charge is -2.48. The third-order valence-corrected chi connectivity index (χ3v) is 3.99. The fourth-order valence-corrected chi connectivity index (χ4v) is 3.02. The molecule has 2 aliphatic heterocycles. The van der Waals surface area contributed by atoms with Crippen LogP contribution in [0.2, 0.25) is 0 Å². The number of hydrogen-bond donors (Lipinski definition) is 0. The Balaban J connectivity index is 2.07. The Labute approximate surface area is 102 Å². The number of fused-ring (bicyclic) bond motifs is 1. The molecule has 3 heteroatoms. The lowest BCUT2D eigenvalue weighted by Crippen LogP contribution is -2.53. The summed E-state index contributed by atoms with van der Waals surface area (Å²) in [5.74, 6) is 0. The molecule has 0 amide bonds. The average Bonchev–Trinajstić information content (AvgIpc) is 2.31. The van der Waals surface area contributed by atoms with Crippen molar-refractivity contribution in [2.45, 2.75) is 12.5 Å². The van der Waals surface area contributed by atoms with E-state index in [4.69, 9.17) is 4.74 Å². The van der Waals surface area contributed by atoms with Gasteiger partial charge in [0.05, 0.1) is 25.3 Å². The van der Waals surface area contributed by atoms with Crippen molar-refractivity contribution in [1.82, 2.24) is 4.90 Å². The van der Waals surface area contributed by atoms with Gasteiger partial charge < -0.3 is 4.74 Å². The number of rotatable bonds is 1. The standard InChI is InChI=1S/C14H16N2O/c1-16-7-6-11-4-2-3-5-12(11)13(16)14(8-15)9-17-10-14/h2-5,13H,6-7,9-10H2,1H3. The Kier molecular flexibility index (Phi) is 2.43. The SMILES string of the molecule is CN1CCc2ccccc2C1C1(C#N)COC1. The number of nitrogens with zero attached hydrogens (tertiary/aromatic N) is 2. The van der Waals surface area contributed by atoms with Crippen molar-refractivity contribution < 1.29 is 4.74 Å². The predicted molar refractivity (Wildman–Crippen MR) is 64.4 cm³/mol. The van der Waals surface area contributed by atoms with E-state index >= 15 is 0 Å². The molecule has 1 aromatic carbocycles. The van der Waals surface area contributed by atoms with Gasteiger partial charge in [-0.05, 0) is 24.6 Å². The van der Waals surface area contributed by atoms with Gasteiger partial charge in [0.1, 0.15) is 5.41 Å². The summed E-state index contributed by atoms with van der Waals surface area (Å²) in [6.07, 6.45) is 1.07. The highest BCUT2D eigenvalue weighted by molar-refractivity contribution is 5.36. The molecule has 0 aromatic heterocycles. The van der Waals surface area contributed by atoms with Crippen LogP contribution < -0.4 is 0 Å². The van der Waals surface area contributed by atoms with Gasteiger partial charge in [-0.15, -0.1) is 0 Å². The van der Waals surface area contributed by atoms with Crippen LogP contribution >= 0.6 is 0 Å². The van der Waals surface area contributed by atoms with Gasteiger partial charge in [-0.3, -0.25) is 4.90 Å². The Bertz CT molecular complexity index is 473. The first kappa shape index (κ1) is 10.8. The highest BCUT2D eigenvalue weighted by Crippen LogP contribution is 2.46. The summed E-state index contributed by atoms with van der Waals surface area (Å²) in [5, 5.41) is 9.48. The zero-order valence-corrected chi connectivity index (χ0v) is 10.0.